The topological polar surface area (TPSA) is 52.2 Å². The van der Waals surface area contributed by atoms with Crippen LogP contribution in [0, 0.1) is 6.92 Å². The minimum atomic E-state index is -0.347. The van der Waals surface area contributed by atoms with Crippen LogP contribution in [0.1, 0.15) is 35.9 Å². The molecule has 0 radical (unpaired) electrons. The van der Waals surface area contributed by atoms with Crippen molar-refractivity contribution in [2.24, 2.45) is 12.0 Å². The molecule has 3 rings (SSSR count). The number of hydrogen-bond donors (Lipinski definition) is 0. The molecule has 2 aromatic heterocycles. The number of hydrogen-bond acceptors (Lipinski definition) is 3. The number of carbonyl (C=O) groups excluding carboxylic acids is 1. The Morgan fingerprint density at radius 3 is 2.70 bits per heavy atom. The van der Waals surface area contributed by atoms with Gasteiger partial charge in [-0.05, 0) is 38.5 Å². The van der Waals surface area contributed by atoms with E-state index in [1.807, 2.05) is 44.5 Å². The Morgan fingerprint density at radius 2 is 2.09 bits per heavy atom. The van der Waals surface area contributed by atoms with Gasteiger partial charge in [-0.15, -0.1) is 0 Å². The summed E-state index contributed by atoms with van der Waals surface area (Å²) in [6.07, 6.45) is 1.79. The number of thiazole rings is 1. The molecule has 0 N–H and O–H groups in total. The van der Waals surface area contributed by atoms with Crippen molar-refractivity contribution in [1.82, 2.24) is 14.3 Å². The highest BCUT2D eigenvalue weighted by molar-refractivity contribution is 7.17. The molecule has 0 unspecified atom stereocenters. The van der Waals surface area contributed by atoms with Gasteiger partial charge < -0.3 is 4.57 Å². The second-order valence-corrected chi connectivity index (χ2v) is 7.06. The molecule has 7 heteroatoms. The van der Waals surface area contributed by atoms with Gasteiger partial charge in [0.05, 0.1) is 15.2 Å². The van der Waals surface area contributed by atoms with Crippen molar-refractivity contribution >= 4 is 39.1 Å². The molecular weight excluding hydrogens is 332 g/mol. The predicted octanol–water partition coefficient (Wildman–Crippen LogP) is 3.72. The van der Waals surface area contributed by atoms with Gasteiger partial charge in [0, 0.05) is 19.3 Å². The lowest BCUT2D eigenvalue weighted by Gasteiger charge is -2.02. The summed E-state index contributed by atoms with van der Waals surface area (Å²) in [5.74, 6) is -0.347. The van der Waals surface area contributed by atoms with Crippen LogP contribution in [0.5, 0.6) is 0 Å². The predicted molar refractivity (Wildman–Crippen MR) is 93.0 cm³/mol. The van der Waals surface area contributed by atoms with Gasteiger partial charge in [-0.2, -0.15) is 10.1 Å². The molecule has 23 heavy (non-hydrogen) atoms. The van der Waals surface area contributed by atoms with Crippen molar-refractivity contribution in [3.05, 3.63) is 45.5 Å². The van der Waals surface area contributed by atoms with E-state index in [1.165, 1.54) is 11.3 Å². The first-order valence-electron chi connectivity index (χ1n) is 7.27. The van der Waals surface area contributed by atoms with Crippen molar-refractivity contribution in [2.75, 3.05) is 0 Å². The zero-order valence-electron chi connectivity index (χ0n) is 13.4. The highest BCUT2D eigenvalue weighted by Gasteiger charge is 2.13. The fraction of sp³-hybridized carbons (Fsp3) is 0.312. The van der Waals surface area contributed by atoms with E-state index in [4.69, 9.17) is 11.6 Å². The summed E-state index contributed by atoms with van der Waals surface area (Å²) >= 11 is 7.67. The summed E-state index contributed by atoms with van der Waals surface area (Å²) in [5.41, 5.74) is 2.45. The molecule has 1 amide bonds. The third kappa shape index (κ3) is 2.84. The molecule has 0 spiro atoms. The lowest BCUT2D eigenvalue weighted by atomic mass is 10.2. The highest BCUT2D eigenvalue weighted by atomic mass is 35.5. The smallest absolute Gasteiger partial charge is 0.300 e. The molecule has 120 valence electrons. The Bertz CT molecular complexity index is 964. The van der Waals surface area contributed by atoms with Gasteiger partial charge in [-0.1, -0.05) is 29.0 Å². The summed E-state index contributed by atoms with van der Waals surface area (Å²) in [7, 11) is 1.89. The van der Waals surface area contributed by atoms with Gasteiger partial charge in [0.2, 0.25) is 0 Å². The molecule has 0 aliphatic carbocycles. The normalized spacial score (nSPS) is 12.5. The maximum absolute atomic E-state index is 12.4. The standard InChI is InChI=1S/C16H17ClN4OS/c1-9(2)21-8-7-12(19-21)15(22)18-16-20(4)13-10(3)5-6-11(17)14(13)23-16/h5-9H,1-4H3. The highest BCUT2D eigenvalue weighted by Crippen LogP contribution is 2.28. The Morgan fingerprint density at radius 1 is 1.35 bits per heavy atom. The van der Waals surface area contributed by atoms with Crippen LogP contribution in [0.25, 0.3) is 10.2 Å². The van der Waals surface area contributed by atoms with Crippen LogP contribution in [0.4, 0.5) is 0 Å². The summed E-state index contributed by atoms with van der Waals surface area (Å²) < 4.78 is 4.58. The average Bonchev–Trinajstić information content (AvgIpc) is 3.10. The molecule has 0 aliphatic heterocycles. The Hall–Kier alpha value is -1.92. The number of rotatable bonds is 2. The van der Waals surface area contributed by atoms with E-state index >= 15 is 0 Å². The molecule has 1 aromatic carbocycles. The van der Waals surface area contributed by atoms with Gasteiger partial charge in [0.25, 0.3) is 5.91 Å². The first-order chi connectivity index (χ1) is 10.9. The summed E-state index contributed by atoms with van der Waals surface area (Å²) in [4.78, 5) is 17.2. The van der Waals surface area contributed by atoms with E-state index in [2.05, 4.69) is 10.1 Å². The lowest BCUT2D eigenvalue weighted by Crippen LogP contribution is -2.14. The first kappa shape index (κ1) is 16.0. The van der Waals surface area contributed by atoms with Crippen molar-refractivity contribution < 1.29 is 4.79 Å². The van der Waals surface area contributed by atoms with E-state index in [0.717, 1.165) is 15.8 Å². The number of fused-ring (bicyclic) bond motifs is 1. The van der Waals surface area contributed by atoms with Crippen LogP contribution in [-0.4, -0.2) is 20.3 Å². The van der Waals surface area contributed by atoms with E-state index in [-0.39, 0.29) is 11.9 Å². The number of nitrogens with zero attached hydrogens (tertiary/aromatic N) is 4. The van der Waals surface area contributed by atoms with Crippen LogP contribution >= 0.6 is 22.9 Å². The monoisotopic (exact) mass is 348 g/mol. The number of benzene rings is 1. The second-order valence-electron chi connectivity index (χ2n) is 5.68. The number of aryl methyl sites for hydroxylation is 2. The Balaban J connectivity index is 2.10. The van der Waals surface area contributed by atoms with Crippen LogP contribution in [0.15, 0.2) is 29.4 Å². The molecule has 0 fully saturated rings. The number of aromatic nitrogens is 3. The van der Waals surface area contributed by atoms with Crippen molar-refractivity contribution in [2.45, 2.75) is 26.8 Å². The minimum Gasteiger partial charge on any atom is -0.319 e. The molecule has 2 heterocycles. The fourth-order valence-corrected chi connectivity index (χ4v) is 3.76. The van der Waals surface area contributed by atoms with Crippen molar-refractivity contribution in [1.29, 1.82) is 0 Å². The van der Waals surface area contributed by atoms with Gasteiger partial charge in [-0.3, -0.25) is 9.48 Å². The van der Waals surface area contributed by atoms with E-state index in [0.29, 0.717) is 15.5 Å². The van der Waals surface area contributed by atoms with Crippen LogP contribution in [0.3, 0.4) is 0 Å². The fourth-order valence-electron chi connectivity index (χ4n) is 2.40. The summed E-state index contributed by atoms with van der Waals surface area (Å²) in [6.45, 7) is 6.03. The SMILES string of the molecule is Cc1ccc(Cl)c2sc(=NC(=O)c3ccn(C(C)C)n3)n(C)c12. The molecule has 3 aromatic rings. The first-order valence-corrected chi connectivity index (χ1v) is 8.46. The van der Waals surface area contributed by atoms with Crippen LogP contribution < -0.4 is 4.80 Å². The van der Waals surface area contributed by atoms with E-state index < -0.39 is 0 Å². The molecule has 0 aliphatic rings. The Kier molecular flexibility index (Phi) is 4.12. The number of halogens is 1. The van der Waals surface area contributed by atoms with Crippen LogP contribution in [0.2, 0.25) is 5.02 Å². The van der Waals surface area contributed by atoms with Crippen LogP contribution in [-0.2, 0) is 7.05 Å². The molecular formula is C16H17ClN4OS. The zero-order chi connectivity index (χ0) is 16.7. The van der Waals surface area contributed by atoms with Crippen molar-refractivity contribution in [3.63, 3.8) is 0 Å². The molecule has 5 nitrogen and oxygen atoms in total. The number of amides is 1. The van der Waals surface area contributed by atoms with Gasteiger partial charge in [-0.25, -0.2) is 0 Å². The van der Waals surface area contributed by atoms with Gasteiger partial charge in [0.15, 0.2) is 10.5 Å². The van der Waals surface area contributed by atoms with Gasteiger partial charge >= 0.3 is 0 Å². The van der Waals surface area contributed by atoms with Gasteiger partial charge in [0.1, 0.15) is 0 Å². The maximum atomic E-state index is 12.4. The van der Waals surface area contributed by atoms with E-state index in [1.54, 1.807) is 16.9 Å². The molecule has 0 saturated heterocycles. The third-order valence-corrected chi connectivity index (χ3v) is 5.25. The second kappa shape index (κ2) is 5.94. The Labute approximate surface area is 142 Å². The minimum absolute atomic E-state index is 0.207. The quantitative estimate of drug-likeness (QED) is 0.708. The lowest BCUT2D eigenvalue weighted by molar-refractivity contribution is 0.0992. The molecule has 0 saturated carbocycles. The largest absolute Gasteiger partial charge is 0.319 e. The van der Waals surface area contributed by atoms with Crippen molar-refractivity contribution in [3.8, 4) is 0 Å². The van der Waals surface area contributed by atoms with E-state index in [9.17, 15) is 4.79 Å². The molecule has 0 atom stereocenters. The average molecular weight is 349 g/mol. The maximum Gasteiger partial charge on any atom is 0.300 e. The summed E-state index contributed by atoms with van der Waals surface area (Å²) in [6, 6.07) is 5.73. The molecule has 0 bridgehead atoms. The number of carbonyl (C=O) groups is 1. The summed E-state index contributed by atoms with van der Waals surface area (Å²) in [5, 5.41) is 4.94. The third-order valence-electron chi connectivity index (χ3n) is 3.65. The zero-order valence-corrected chi connectivity index (χ0v) is 14.9.